The molecule has 7 nitrogen and oxygen atoms in total. The number of benzene rings is 1. The molecule has 1 aromatic heterocycles. The van der Waals surface area contributed by atoms with Crippen LogP contribution in [0.25, 0.3) is 17.3 Å². The van der Waals surface area contributed by atoms with E-state index in [4.69, 9.17) is 9.47 Å². The zero-order valence-corrected chi connectivity index (χ0v) is 18.2. The van der Waals surface area contributed by atoms with Crippen molar-refractivity contribution in [3.8, 4) is 11.3 Å². The molecule has 0 bridgehead atoms. The predicted octanol–water partition coefficient (Wildman–Crippen LogP) is 3.43. The third-order valence-electron chi connectivity index (χ3n) is 4.29. The largest absolute Gasteiger partial charge is 0.352 e. The van der Waals surface area contributed by atoms with Gasteiger partial charge >= 0.3 is 0 Å². The molecule has 158 valence electrons. The lowest BCUT2D eigenvalue weighted by Crippen LogP contribution is -2.27. The van der Waals surface area contributed by atoms with E-state index in [1.807, 2.05) is 13.8 Å². The number of aromatic nitrogens is 2. The highest BCUT2D eigenvalue weighted by atomic mass is 32.2. The second-order valence-corrected chi connectivity index (χ2v) is 8.78. The highest BCUT2D eigenvalue weighted by molar-refractivity contribution is 7.92. The van der Waals surface area contributed by atoms with Crippen molar-refractivity contribution in [2.75, 3.05) is 31.8 Å². The molecule has 1 heterocycles. The Morgan fingerprint density at radius 1 is 1.10 bits per heavy atom. The van der Waals surface area contributed by atoms with Crippen LogP contribution in [0.5, 0.6) is 0 Å². The number of sulfonamides is 1. The number of hydrogen-bond donors (Lipinski definition) is 0. The molecule has 9 heteroatoms. The summed E-state index contributed by atoms with van der Waals surface area (Å²) in [6.45, 7) is 3.89. The summed E-state index contributed by atoms with van der Waals surface area (Å²) in [7, 11) is 0.868. The highest BCUT2D eigenvalue weighted by Crippen LogP contribution is 2.31. The van der Waals surface area contributed by atoms with Crippen LogP contribution in [0.15, 0.2) is 30.3 Å². The normalized spacial score (nSPS) is 12.3. The predicted molar refractivity (Wildman–Crippen MR) is 112 cm³/mol. The van der Waals surface area contributed by atoms with Crippen LogP contribution in [0, 0.1) is 5.82 Å². The number of methoxy groups -OCH3 is 2. The van der Waals surface area contributed by atoms with E-state index in [9.17, 15) is 12.8 Å². The SMILES string of the molecule is COC(/C=C/c1c(-c2ccc(F)cc2)nc(N(C)S(C)(=O)=O)nc1C(C)C)OC. The van der Waals surface area contributed by atoms with Crippen LogP contribution in [0.1, 0.15) is 31.0 Å². The van der Waals surface area contributed by atoms with E-state index < -0.39 is 16.3 Å². The Bertz CT molecular complexity index is 972. The molecule has 0 radical (unpaired) electrons. The first kappa shape index (κ1) is 22.9. The molecule has 2 rings (SSSR count). The summed E-state index contributed by atoms with van der Waals surface area (Å²) in [5.41, 5.74) is 2.43. The lowest BCUT2D eigenvalue weighted by atomic mass is 9.98. The van der Waals surface area contributed by atoms with Crippen molar-refractivity contribution in [3.05, 3.63) is 47.4 Å². The highest BCUT2D eigenvalue weighted by Gasteiger charge is 2.22. The maximum Gasteiger partial charge on any atom is 0.239 e. The second-order valence-electron chi connectivity index (χ2n) is 6.76. The zero-order chi connectivity index (χ0) is 21.8. The topological polar surface area (TPSA) is 81.6 Å². The molecule has 0 N–H and O–H groups in total. The number of nitrogens with zero attached hydrogens (tertiary/aromatic N) is 3. The zero-order valence-electron chi connectivity index (χ0n) is 17.4. The van der Waals surface area contributed by atoms with Gasteiger partial charge in [0, 0.05) is 32.4 Å². The summed E-state index contributed by atoms with van der Waals surface area (Å²) in [5.74, 6) is -0.369. The first-order valence-electron chi connectivity index (χ1n) is 8.94. The van der Waals surface area contributed by atoms with Crippen LogP contribution in [0.2, 0.25) is 0 Å². The fraction of sp³-hybridized carbons (Fsp3) is 0.400. The third-order valence-corrected chi connectivity index (χ3v) is 5.45. The average molecular weight is 424 g/mol. The van der Waals surface area contributed by atoms with Crippen LogP contribution < -0.4 is 4.31 Å². The van der Waals surface area contributed by atoms with Gasteiger partial charge in [-0.2, -0.15) is 0 Å². The van der Waals surface area contributed by atoms with Gasteiger partial charge in [-0.25, -0.2) is 27.1 Å². The van der Waals surface area contributed by atoms with Crippen molar-refractivity contribution in [2.45, 2.75) is 26.1 Å². The summed E-state index contributed by atoms with van der Waals surface area (Å²) in [6, 6.07) is 5.83. The van der Waals surface area contributed by atoms with Crippen molar-refractivity contribution in [2.24, 2.45) is 0 Å². The smallest absolute Gasteiger partial charge is 0.239 e. The van der Waals surface area contributed by atoms with Crippen molar-refractivity contribution in [3.63, 3.8) is 0 Å². The van der Waals surface area contributed by atoms with Crippen molar-refractivity contribution in [1.29, 1.82) is 0 Å². The number of hydrogen-bond acceptors (Lipinski definition) is 6. The summed E-state index contributed by atoms with van der Waals surface area (Å²) < 4.78 is 48.9. The lowest BCUT2D eigenvalue weighted by Gasteiger charge is -2.20. The summed E-state index contributed by atoms with van der Waals surface area (Å²) >= 11 is 0. The van der Waals surface area contributed by atoms with Crippen LogP contribution in [0.3, 0.4) is 0 Å². The minimum Gasteiger partial charge on any atom is -0.352 e. The lowest BCUT2D eigenvalue weighted by molar-refractivity contribution is -0.0660. The van der Waals surface area contributed by atoms with Crippen LogP contribution >= 0.6 is 0 Å². The number of ether oxygens (including phenoxy) is 2. The fourth-order valence-corrected chi connectivity index (χ4v) is 3.00. The van der Waals surface area contributed by atoms with Gasteiger partial charge in [0.15, 0.2) is 6.29 Å². The third kappa shape index (κ3) is 5.59. The van der Waals surface area contributed by atoms with E-state index in [1.165, 1.54) is 33.4 Å². The molecule has 0 amide bonds. The summed E-state index contributed by atoms with van der Waals surface area (Å²) in [4.78, 5) is 8.99. The molecule has 29 heavy (non-hydrogen) atoms. The minimum absolute atomic E-state index is 0.0351. The van der Waals surface area contributed by atoms with Crippen molar-refractivity contribution < 1.29 is 22.3 Å². The molecule has 0 saturated heterocycles. The second kappa shape index (κ2) is 9.43. The van der Waals surface area contributed by atoms with Crippen LogP contribution in [0.4, 0.5) is 10.3 Å². The van der Waals surface area contributed by atoms with Gasteiger partial charge in [0.25, 0.3) is 0 Å². The van der Waals surface area contributed by atoms with E-state index in [-0.39, 0.29) is 17.7 Å². The molecule has 0 aliphatic heterocycles. The first-order chi connectivity index (χ1) is 13.6. The van der Waals surface area contributed by atoms with E-state index in [1.54, 1.807) is 24.3 Å². The van der Waals surface area contributed by atoms with Crippen LogP contribution in [-0.4, -0.2) is 52.2 Å². The van der Waals surface area contributed by atoms with Gasteiger partial charge in [0.1, 0.15) is 5.82 Å². The molecular formula is C20H26FN3O4S. The number of halogens is 1. The molecule has 0 spiro atoms. The maximum atomic E-state index is 13.5. The first-order valence-corrected chi connectivity index (χ1v) is 10.8. The fourth-order valence-electron chi connectivity index (χ4n) is 2.62. The van der Waals surface area contributed by atoms with E-state index in [0.29, 0.717) is 22.5 Å². The Morgan fingerprint density at radius 3 is 2.17 bits per heavy atom. The summed E-state index contributed by atoms with van der Waals surface area (Å²) in [5, 5.41) is 0. The van der Waals surface area contributed by atoms with Gasteiger partial charge in [-0.15, -0.1) is 0 Å². The number of rotatable bonds is 8. The Kier molecular flexibility index (Phi) is 7.45. The molecular weight excluding hydrogens is 397 g/mol. The van der Waals surface area contributed by atoms with Gasteiger partial charge in [0.05, 0.1) is 17.6 Å². The van der Waals surface area contributed by atoms with Gasteiger partial charge in [-0.1, -0.05) is 13.8 Å². The Hall–Kier alpha value is -2.36. The molecule has 2 aromatic rings. The summed E-state index contributed by atoms with van der Waals surface area (Å²) in [6.07, 6.45) is 3.99. The number of anilines is 1. The quantitative estimate of drug-likeness (QED) is 0.605. The van der Waals surface area contributed by atoms with Crippen molar-refractivity contribution >= 4 is 22.0 Å². The van der Waals surface area contributed by atoms with E-state index in [0.717, 1.165) is 10.6 Å². The minimum atomic E-state index is -3.56. The average Bonchev–Trinajstić information content (AvgIpc) is 2.67. The van der Waals surface area contributed by atoms with Crippen molar-refractivity contribution in [1.82, 2.24) is 9.97 Å². The van der Waals surface area contributed by atoms with Gasteiger partial charge < -0.3 is 9.47 Å². The molecule has 0 unspecified atom stereocenters. The Labute approximate surface area is 171 Å². The van der Waals surface area contributed by atoms with Crippen LogP contribution in [-0.2, 0) is 19.5 Å². The molecule has 0 saturated carbocycles. The molecule has 0 aliphatic carbocycles. The maximum absolute atomic E-state index is 13.5. The Balaban J connectivity index is 2.79. The van der Waals surface area contributed by atoms with E-state index >= 15 is 0 Å². The standard InChI is InChI=1S/C20H26FN3O4S/c1-13(2)18-16(11-12-17(27-4)28-5)19(14-7-9-15(21)10-8-14)23-20(22-18)24(3)29(6,25)26/h7-13,17H,1-6H3/b12-11+. The molecule has 0 fully saturated rings. The van der Waals surface area contributed by atoms with Gasteiger partial charge in [0.2, 0.25) is 16.0 Å². The van der Waals surface area contributed by atoms with E-state index in [2.05, 4.69) is 9.97 Å². The molecule has 1 aromatic carbocycles. The van der Waals surface area contributed by atoms with Gasteiger partial charge in [-0.05, 0) is 42.3 Å². The molecule has 0 atom stereocenters. The Morgan fingerprint density at radius 2 is 1.69 bits per heavy atom. The monoisotopic (exact) mass is 423 g/mol. The van der Waals surface area contributed by atoms with Gasteiger partial charge in [-0.3, -0.25) is 0 Å². The molecule has 0 aliphatic rings.